The molecule has 2 aromatic carbocycles. The van der Waals surface area contributed by atoms with Crippen LogP contribution in [0.5, 0.6) is 0 Å². The molecule has 4 fully saturated rings. The predicted molar refractivity (Wildman–Crippen MR) is 291 cm³/mol. The molecule has 8 rings (SSSR count). The van der Waals surface area contributed by atoms with E-state index in [2.05, 4.69) is 66.2 Å². The highest BCUT2D eigenvalue weighted by atomic mass is 32.2. The van der Waals surface area contributed by atoms with Crippen LogP contribution in [0.1, 0.15) is 102 Å². The van der Waals surface area contributed by atoms with Gasteiger partial charge in [0.2, 0.25) is 47.3 Å². The Balaban J connectivity index is 0.872. The number of rotatable bonds is 14. The van der Waals surface area contributed by atoms with Crippen molar-refractivity contribution in [2.75, 3.05) is 38.7 Å². The van der Waals surface area contributed by atoms with Crippen LogP contribution in [0.15, 0.2) is 48.5 Å². The number of hydrogen-bond donors (Lipinski definition) is 8. The summed E-state index contributed by atoms with van der Waals surface area (Å²) in [7, 11) is 3.35. The molecular weight excluding hydrogens is 1000 g/mol. The molecule has 4 aliphatic heterocycles. The first-order valence-corrected chi connectivity index (χ1v) is 28.5. The van der Waals surface area contributed by atoms with Crippen molar-refractivity contribution in [3.8, 4) is 23.7 Å². The average molecular weight is 1080 g/mol. The molecule has 4 heterocycles. The number of likely N-dealkylation sites (N-methyl/N-ethyl adjacent to an activating group) is 2. The SMILES string of the molecule is CN[C@@H](C)C(=O)NC1CCSC2CC(C)(C)C(C(=O)N[C@H]3c4ccccc4C[C@H]3C(=O)NCC#CC#CCNC(=O)[C@@H]3Cc4ccccc4[C@@H]3NC(=O)[C@H]3N4C(=O)[C@@H](NC(=O)[C@H](C)NC)CCS[C@H]4CC3(C)C)N2C1=O. The van der Waals surface area contributed by atoms with E-state index in [1.807, 2.05) is 76.2 Å². The summed E-state index contributed by atoms with van der Waals surface area (Å²) in [4.78, 5) is 114. The number of carbonyl (C=O) groups excluding carboxylic acids is 8. The fourth-order valence-electron chi connectivity index (χ4n) is 11.8. The average Bonchev–Trinajstić information content (AvgIpc) is 4.08. The number of nitrogens with zero attached hydrogens (tertiary/aromatic N) is 2. The lowest BCUT2D eigenvalue weighted by molar-refractivity contribution is -0.144. The first kappa shape index (κ1) is 56.2. The van der Waals surface area contributed by atoms with Crippen molar-refractivity contribution < 1.29 is 38.4 Å². The minimum absolute atomic E-state index is 0.0176. The maximum absolute atomic E-state index is 14.5. The molecule has 0 spiro atoms. The normalized spacial score (nSPS) is 28.4. The number of carbonyl (C=O) groups is 8. The van der Waals surface area contributed by atoms with Gasteiger partial charge in [0.05, 0.1) is 59.8 Å². The summed E-state index contributed by atoms with van der Waals surface area (Å²) in [5.74, 6) is 8.75. The molecule has 8 amide bonds. The van der Waals surface area contributed by atoms with E-state index in [4.69, 9.17) is 0 Å². The molecule has 406 valence electrons. The van der Waals surface area contributed by atoms with E-state index in [9.17, 15) is 38.4 Å². The summed E-state index contributed by atoms with van der Waals surface area (Å²) in [5, 5.41) is 23.3. The van der Waals surface area contributed by atoms with Crippen LogP contribution in [-0.2, 0) is 51.2 Å². The van der Waals surface area contributed by atoms with Gasteiger partial charge in [0.15, 0.2) is 0 Å². The van der Waals surface area contributed by atoms with Crippen molar-refractivity contribution in [2.24, 2.45) is 22.7 Å². The molecule has 8 N–H and O–H groups in total. The highest BCUT2D eigenvalue weighted by Gasteiger charge is 2.57. The van der Waals surface area contributed by atoms with Crippen LogP contribution in [0.3, 0.4) is 0 Å². The van der Waals surface area contributed by atoms with E-state index < -0.39 is 71.0 Å². The highest BCUT2D eigenvalue weighted by Crippen LogP contribution is 2.49. The second-order valence-electron chi connectivity index (χ2n) is 22.1. The molecular formula is C56H72N10O8S2. The molecule has 18 nitrogen and oxygen atoms in total. The Morgan fingerprint density at radius 2 is 0.974 bits per heavy atom. The lowest BCUT2D eigenvalue weighted by Crippen LogP contribution is -2.58. The van der Waals surface area contributed by atoms with Crippen molar-refractivity contribution in [1.82, 2.24) is 52.3 Å². The molecule has 0 bridgehead atoms. The first-order chi connectivity index (χ1) is 36.3. The van der Waals surface area contributed by atoms with E-state index in [1.165, 1.54) is 0 Å². The Labute approximate surface area is 454 Å². The summed E-state index contributed by atoms with van der Waals surface area (Å²) in [6.07, 6.45) is 2.86. The van der Waals surface area contributed by atoms with Gasteiger partial charge < -0.3 is 52.3 Å². The lowest BCUT2D eigenvalue weighted by atomic mass is 9.83. The van der Waals surface area contributed by atoms with Gasteiger partial charge in [0.25, 0.3) is 0 Å². The van der Waals surface area contributed by atoms with E-state index in [0.717, 1.165) is 22.3 Å². The van der Waals surface area contributed by atoms with Crippen LogP contribution < -0.4 is 42.5 Å². The van der Waals surface area contributed by atoms with E-state index >= 15 is 0 Å². The Hall–Kier alpha value is -6.06. The van der Waals surface area contributed by atoms with Gasteiger partial charge in [-0.3, -0.25) is 38.4 Å². The van der Waals surface area contributed by atoms with Gasteiger partial charge >= 0.3 is 0 Å². The van der Waals surface area contributed by atoms with Gasteiger partial charge in [-0.05, 0) is 123 Å². The number of fused-ring (bicyclic) bond motifs is 4. The van der Waals surface area contributed by atoms with Crippen LogP contribution >= 0.6 is 23.5 Å². The largest absolute Gasteiger partial charge is 0.347 e. The molecule has 0 saturated carbocycles. The number of amides is 8. The summed E-state index contributed by atoms with van der Waals surface area (Å²) >= 11 is 3.23. The van der Waals surface area contributed by atoms with Gasteiger partial charge in [0, 0.05) is 0 Å². The van der Waals surface area contributed by atoms with Gasteiger partial charge in [-0.25, -0.2) is 0 Å². The van der Waals surface area contributed by atoms with Crippen LogP contribution in [0.4, 0.5) is 0 Å². The standard InChI is InChI=1S/C56H72N10O8S2/c1-31(57-7)47(67)61-39-21-25-75-41-29-55(3,4)45(65(41)53(39)73)51(71)63-43-35-19-13-11-17-33(35)27-37(43)49(69)59-23-15-9-10-16-24-60-50(70)38-28-34-18-12-14-20-36(34)44(38)64-52(72)46-56(5,6)30-42-66(46)54(74)40(22-26-76-42)62-48(68)32(2)58-8/h11-14,17-20,31-32,37-46,57-58H,21-30H2,1-8H3,(H,59,69)(H,60,70)(H,61,67)(H,62,68)(H,63,71)(H,64,72)/t31-,32-,37+,38+,39-,40?,41-,42?,43-,44-,45+,46?/m0/s1. The van der Waals surface area contributed by atoms with E-state index in [-0.39, 0.29) is 71.1 Å². The van der Waals surface area contributed by atoms with Crippen molar-refractivity contribution in [3.63, 3.8) is 0 Å². The fraction of sp³-hybridized carbons (Fsp3) is 0.571. The maximum atomic E-state index is 14.5. The predicted octanol–water partition coefficient (Wildman–Crippen LogP) is 1.65. The van der Waals surface area contributed by atoms with Crippen molar-refractivity contribution >= 4 is 70.8 Å². The third-order valence-corrected chi connectivity index (χ3v) is 18.6. The number of nitrogens with one attached hydrogen (secondary N) is 8. The quantitative estimate of drug-likeness (QED) is 0.126. The number of benzene rings is 2. The Bertz CT molecular complexity index is 2570. The van der Waals surface area contributed by atoms with E-state index in [0.29, 0.717) is 50.0 Å². The third-order valence-electron chi connectivity index (χ3n) is 16.1. The Kier molecular flexibility index (Phi) is 17.5. The third kappa shape index (κ3) is 11.8. The maximum Gasteiger partial charge on any atom is 0.246 e. The fourth-order valence-corrected chi connectivity index (χ4v) is 14.9. The molecule has 20 heteroatoms. The molecule has 2 aromatic rings. The second-order valence-corrected chi connectivity index (χ2v) is 24.7. The van der Waals surface area contributed by atoms with Gasteiger partial charge in [-0.15, -0.1) is 23.5 Å². The van der Waals surface area contributed by atoms with Crippen LogP contribution in [-0.4, -0.2) is 143 Å². The van der Waals surface area contributed by atoms with Crippen molar-refractivity contribution in [2.45, 2.75) is 139 Å². The molecule has 0 radical (unpaired) electrons. The van der Waals surface area contributed by atoms with Crippen LogP contribution in [0, 0.1) is 46.3 Å². The zero-order valence-electron chi connectivity index (χ0n) is 44.6. The molecule has 76 heavy (non-hydrogen) atoms. The van der Waals surface area contributed by atoms with Gasteiger partial charge in [-0.1, -0.05) is 88.1 Å². The lowest BCUT2D eigenvalue weighted by Gasteiger charge is -2.35. The highest BCUT2D eigenvalue weighted by molar-refractivity contribution is 8.00. The van der Waals surface area contributed by atoms with Gasteiger partial charge in [0.1, 0.15) is 24.2 Å². The minimum Gasteiger partial charge on any atom is -0.347 e. The van der Waals surface area contributed by atoms with Gasteiger partial charge in [-0.2, -0.15) is 0 Å². The topological polar surface area (TPSA) is 239 Å². The molecule has 0 aromatic heterocycles. The first-order valence-electron chi connectivity index (χ1n) is 26.4. The smallest absolute Gasteiger partial charge is 0.246 e. The zero-order valence-corrected chi connectivity index (χ0v) is 46.2. The van der Waals surface area contributed by atoms with Crippen LogP contribution in [0.25, 0.3) is 0 Å². The van der Waals surface area contributed by atoms with Crippen molar-refractivity contribution in [3.05, 3.63) is 70.8 Å². The zero-order chi connectivity index (χ0) is 54.6. The molecule has 4 saturated heterocycles. The monoisotopic (exact) mass is 1080 g/mol. The van der Waals surface area contributed by atoms with Crippen LogP contribution in [0.2, 0.25) is 0 Å². The number of thioether (sulfide) groups is 2. The minimum atomic E-state index is -0.835. The molecule has 12 atom stereocenters. The molecule has 2 aliphatic carbocycles. The summed E-state index contributed by atoms with van der Waals surface area (Å²) in [6, 6.07) is 9.70. The second kappa shape index (κ2) is 23.7. The summed E-state index contributed by atoms with van der Waals surface area (Å²) < 4.78 is 0. The Morgan fingerprint density at radius 3 is 1.36 bits per heavy atom. The summed E-state index contributed by atoms with van der Waals surface area (Å²) in [5.41, 5.74) is 2.35. The molecule has 3 unspecified atom stereocenters. The van der Waals surface area contributed by atoms with Crippen molar-refractivity contribution in [1.29, 1.82) is 0 Å². The Morgan fingerprint density at radius 1 is 0.592 bits per heavy atom. The summed E-state index contributed by atoms with van der Waals surface area (Å²) in [6.45, 7) is 11.3. The van der Waals surface area contributed by atoms with E-state index in [1.54, 1.807) is 61.3 Å². The number of hydrogen-bond acceptors (Lipinski definition) is 12. The molecule has 6 aliphatic rings.